The van der Waals surface area contributed by atoms with Gasteiger partial charge in [-0.3, -0.25) is 4.98 Å². The summed E-state index contributed by atoms with van der Waals surface area (Å²) in [5.41, 5.74) is 6.72. The lowest BCUT2D eigenvalue weighted by Crippen LogP contribution is -2.40. The molecule has 212 valence electrons. The summed E-state index contributed by atoms with van der Waals surface area (Å²) >= 11 is 0. The third-order valence-corrected chi connectivity index (χ3v) is 10.2. The summed E-state index contributed by atoms with van der Waals surface area (Å²) < 4.78 is 37.9. The number of fused-ring (bicyclic) bond motifs is 3. The highest BCUT2D eigenvalue weighted by atomic mass is 32.2. The van der Waals surface area contributed by atoms with Crippen molar-refractivity contribution in [2.75, 3.05) is 42.7 Å². The molecule has 2 fully saturated rings. The summed E-state index contributed by atoms with van der Waals surface area (Å²) in [4.78, 5) is 12.3. The van der Waals surface area contributed by atoms with Gasteiger partial charge < -0.3 is 18.7 Å². The van der Waals surface area contributed by atoms with Crippen molar-refractivity contribution < 1.29 is 17.7 Å². The molecular formula is C31H33N5O4S. The van der Waals surface area contributed by atoms with Crippen LogP contribution >= 0.6 is 0 Å². The maximum Gasteiger partial charge on any atom is 0.153 e. The number of sulfone groups is 1. The van der Waals surface area contributed by atoms with Crippen molar-refractivity contribution >= 4 is 37.7 Å². The molecule has 0 radical (unpaired) electrons. The van der Waals surface area contributed by atoms with Gasteiger partial charge in [0.25, 0.3) is 0 Å². The third-order valence-electron chi connectivity index (χ3n) is 8.59. The second-order valence-electron chi connectivity index (χ2n) is 11.1. The van der Waals surface area contributed by atoms with Crippen molar-refractivity contribution in [1.29, 1.82) is 0 Å². The molecule has 0 saturated carbocycles. The van der Waals surface area contributed by atoms with Crippen LogP contribution in [0.4, 0.5) is 5.82 Å². The average Bonchev–Trinajstić information content (AvgIpc) is 3.49. The maximum absolute atomic E-state index is 12.1. The van der Waals surface area contributed by atoms with E-state index < -0.39 is 9.84 Å². The Morgan fingerprint density at radius 3 is 2.46 bits per heavy atom. The Bertz CT molecular complexity index is 1810. The lowest BCUT2D eigenvalue weighted by Gasteiger charge is -2.33. The predicted octanol–water partition coefficient (Wildman–Crippen LogP) is 5.11. The van der Waals surface area contributed by atoms with Crippen LogP contribution in [0.15, 0.2) is 59.3 Å². The highest BCUT2D eigenvalue weighted by Crippen LogP contribution is 2.41. The second kappa shape index (κ2) is 10.3. The highest BCUT2D eigenvalue weighted by molar-refractivity contribution is 7.91. The van der Waals surface area contributed by atoms with Crippen LogP contribution in [-0.2, 0) is 14.6 Å². The molecule has 2 aliphatic rings. The van der Waals surface area contributed by atoms with E-state index >= 15 is 0 Å². The molecule has 5 aromatic rings. The van der Waals surface area contributed by atoms with Crippen molar-refractivity contribution in [2.24, 2.45) is 5.92 Å². The van der Waals surface area contributed by atoms with Gasteiger partial charge in [0.05, 0.1) is 34.3 Å². The van der Waals surface area contributed by atoms with Gasteiger partial charge in [-0.2, -0.15) is 0 Å². The highest BCUT2D eigenvalue weighted by Gasteiger charge is 2.31. The topological polar surface area (TPSA) is 103 Å². The van der Waals surface area contributed by atoms with E-state index in [0.717, 1.165) is 76.5 Å². The maximum atomic E-state index is 12.1. The van der Waals surface area contributed by atoms with Gasteiger partial charge in [0.2, 0.25) is 0 Å². The Balaban J connectivity index is 1.48. The quantitative estimate of drug-likeness (QED) is 0.287. The van der Waals surface area contributed by atoms with Gasteiger partial charge in [0.15, 0.2) is 9.84 Å². The van der Waals surface area contributed by atoms with E-state index in [1.165, 1.54) is 5.56 Å². The number of anilines is 1. The summed E-state index contributed by atoms with van der Waals surface area (Å²) in [6.07, 6.45) is 3.79. The molecule has 2 aliphatic heterocycles. The molecule has 1 atom stereocenters. The minimum atomic E-state index is -3.00. The van der Waals surface area contributed by atoms with E-state index in [-0.39, 0.29) is 17.5 Å². The van der Waals surface area contributed by atoms with Crippen LogP contribution in [0.2, 0.25) is 0 Å². The molecule has 0 amide bonds. The molecule has 0 bridgehead atoms. The minimum absolute atomic E-state index is 0.0197. The molecule has 6 heterocycles. The molecule has 1 unspecified atom stereocenters. The average molecular weight is 572 g/mol. The SMILES string of the molecule is Cc1noc(C)c1-c1cnc2c3ccc(N4CCS(=O)(=O)CC4)nc3n(C(c3ccccc3)C3CCOCC3)c2c1. The van der Waals surface area contributed by atoms with Crippen LogP contribution in [-0.4, -0.2) is 65.9 Å². The van der Waals surface area contributed by atoms with Gasteiger partial charge in [0.1, 0.15) is 17.2 Å². The van der Waals surface area contributed by atoms with E-state index in [1.807, 2.05) is 32.2 Å². The fourth-order valence-corrected chi connectivity index (χ4v) is 7.71. The van der Waals surface area contributed by atoms with E-state index in [4.69, 9.17) is 19.2 Å². The first kappa shape index (κ1) is 26.2. The van der Waals surface area contributed by atoms with Crippen molar-refractivity contribution in [1.82, 2.24) is 19.7 Å². The van der Waals surface area contributed by atoms with Crippen LogP contribution in [0.5, 0.6) is 0 Å². The number of hydrogen-bond acceptors (Lipinski definition) is 8. The number of nitrogens with zero attached hydrogens (tertiary/aromatic N) is 5. The van der Waals surface area contributed by atoms with E-state index in [2.05, 4.69) is 51.0 Å². The van der Waals surface area contributed by atoms with Crippen LogP contribution in [0.1, 0.15) is 35.9 Å². The number of pyridine rings is 2. The van der Waals surface area contributed by atoms with Gasteiger partial charge in [-0.15, -0.1) is 0 Å². The van der Waals surface area contributed by atoms with Crippen LogP contribution < -0.4 is 4.90 Å². The Kier molecular flexibility index (Phi) is 6.54. The number of aryl methyl sites for hydroxylation is 2. The van der Waals surface area contributed by atoms with Crippen molar-refractivity contribution in [2.45, 2.75) is 32.7 Å². The molecule has 0 N–H and O–H groups in total. The monoisotopic (exact) mass is 571 g/mol. The van der Waals surface area contributed by atoms with Gasteiger partial charge in [-0.1, -0.05) is 35.5 Å². The normalized spacial score (nSPS) is 18.7. The molecule has 9 nitrogen and oxygen atoms in total. The first-order valence-corrected chi connectivity index (χ1v) is 16.0. The number of rotatable bonds is 5. The van der Waals surface area contributed by atoms with Crippen LogP contribution in [0.25, 0.3) is 33.2 Å². The molecule has 2 saturated heterocycles. The predicted molar refractivity (Wildman–Crippen MR) is 159 cm³/mol. The zero-order chi connectivity index (χ0) is 28.1. The smallest absolute Gasteiger partial charge is 0.153 e. The lowest BCUT2D eigenvalue weighted by atomic mass is 9.86. The molecule has 4 aromatic heterocycles. The molecule has 41 heavy (non-hydrogen) atoms. The number of ether oxygens (including phenoxy) is 1. The Morgan fingerprint density at radius 2 is 1.76 bits per heavy atom. The fraction of sp³-hybridized carbons (Fsp3) is 0.387. The minimum Gasteiger partial charge on any atom is -0.381 e. The molecule has 10 heteroatoms. The molecule has 0 aliphatic carbocycles. The van der Waals surface area contributed by atoms with E-state index in [1.54, 1.807) is 0 Å². The summed E-state index contributed by atoms with van der Waals surface area (Å²) in [5, 5.41) is 5.16. The molecular weight excluding hydrogens is 538 g/mol. The Morgan fingerprint density at radius 1 is 1.00 bits per heavy atom. The zero-order valence-corrected chi connectivity index (χ0v) is 24.1. The van der Waals surface area contributed by atoms with Crippen molar-refractivity contribution in [3.05, 3.63) is 71.7 Å². The number of hydrogen-bond donors (Lipinski definition) is 0. The summed E-state index contributed by atoms with van der Waals surface area (Å²) in [5.74, 6) is 2.19. The van der Waals surface area contributed by atoms with Gasteiger partial charge in [0, 0.05) is 49.0 Å². The summed E-state index contributed by atoms with van der Waals surface area (Å²) in [6, 6.07) is 16.9. The summed E-state index contributed by atoms with van der Waals surface area (Å²) in [6.45, 7) is 6.22. The zero-order valence-electron chi connectivity index (χ0n) is 23.3. The van der Waals surface area contributed by atoms with E-state index in [9.17, 15) is 8.42 Å². The van der Waals surface area contributed by atoms with Crippen LogP contribution in [0.3, 0.4) is 0 Å². The van der Waals surface area contributed by atoms with Gasteiger partial charge >= 0.3 is 0 Å². The largest absolute Gasteiger partial charge is 0.381 e. The fourth-order valence-electron chi connectivity index (χ4n) is 6.51. The van der Waals surface area contributed by atoms with Crippen molar-refractivity contribution in [3.8, 4) is 11.1 Å². The van der Waals surface area contributed by atoms with Crippen molar-refractivity contribution in [3.63, 3.8) is 0 Å². The van der Waals surface area contributed by atoms with E-state index in [0.29, 0.717) is 19.0 Å². The van der Waals surface area contributed by atoms with Gasteiger partial charge in [-0.05, 0) is 56.4 Å². The Hall–Kier alpha value is -3.76. The molecule has 1 aromatic carbocycles. The summed E-state index contributed by atoms with van der Waals surface area (Å²) in [7, 11) is -3.00. The first-order chi connectivity index (χ1) is 19.9. The molecule has 0 spiro atoms. The third kappa shape index (κ3) is 4.68. The first-order valence-electron chi connectivity index (χ1n) is 14.2. The molecule has 7 rings (SSSR count). The standard InChI is InChI=1S/C31H33N5O4S/c1-20-28(21(2)40-34-20)24-18-26-29(32-19-24)25-8-9-27(35-12-16-41(37,38)17-13-35)33-31(25)36(26)30(22-6-4-3-5-7-22)23-10-14-39-15-11-23/h3-9,18-19,23,30H,10-17H2,1-2H3. The number of benzene rings is 1. The number of aromatic nitrogens is 4. The van der Waals surface area contributed by atoms with Crippen LogP contribution in [0, 0.1) is 19.8 Å². The lowest BCUT2D eigenvalue weighted by molar-refractivity contribution is 0.0552. The second-order valence-corrected chi connectivity index (χ2v) is 13.4. The Labute approximate surface area is 239 Å². The van der Waals surface area contributed by atoms with Gasteiger partial charge in [-0.25, -0.2) is 13.4 Å².